The Morgan fingerprint density at radius 3 is 2.07 bits per heavy atom. The van der Waals surface area contributed by atoms with Crippen LogP contribution in [0.3, 0.4) is 0 Å². The molecule has 0 rings (SSSR count). The van der Waals surface area contributed by atoms with E-state index in [1.54, 1.807) is 0 Å². The van der Waals surface area contributed by atoms with E-state index in [2.05, 4.69) is 31.2 Å². The van der Waals surface area contributed by atoms with Crippen molar-refractivity contribution in [3.63, 3.8) is 0 Å². The van der Waals surface area contributed by atoms with Gasteiger partial charge >= 0.3 is 0 Å². The van der Waals surface area contributed by atoms with Gasteiger partial charge in [0, 0.05) is 6.61 Å². The van der Waals surface area contributed by atoms with Crippen LogP contribution < -0.4 is 0 Å². The number of allylic oxidation sites excluding steroid dienone is 3. The molecule has 0 aromatic heterocycles. The summed E-state index contributed by atoms with van der Waals surface area (Å²) in [6, 6.07) is 0. The fraction of sp³-hybridized carbons (Fsp3) is 0.692. The molecule has 0 spiro atoms. The van der Waals surface area contributed by atoms with E-state index >= 15 is 0 Å². The van der Waals surface area contributed by atoms with Gasteiger partial charge in [-0.05, 0) is 39.0 Å². The van der Waals surface area contributed by atoms with Gasteiger partial charge in [-0.1, -0.05) is 31.2 Å². The SMILES string of the molecule is CC/C=C\CCCC/C=C/COCC. The van der Waals surface area contributed by atoms with Crippen molar-refractivity contribution in [3.8, 4) is 0 Å². The molecule has 14 heavy (non-hydrogen) atoms. The van der Waals surface area contributed by atoms with Crippen molar-refractivity contribution in [1.82, 2.24) is 0 Å². The maximum absolute atomic E-state index is 5.20. The average molecular weight is 196 g/mol. The largest absolute Gasteiger partial charge is 0.378 e. The standard InChI is InChI=1S/C13H24O/c1-3-5-6-7-8-9-10-11-12-13-14-4-2/h5-6,11-12H,3-4,7-10,13H2,1-2H3/b6-5-,12-11+. The van der Waals surface area contributed by atoms with E-state index in [4.69, 9.17) is 4.74 Å². The second-order valence-corrected chi connectivity index (χ2v) is 3.29. The molecule has 0 aliphatic heterocycles. The van der Waals surface area contributed by atoms with Crippen molar-refractivity contribution in [3.05, 3.63) is 24.3 Å². The molecule has 1 nitrogen and oxygen atoms in total. The Kier molecular flexibility index (Phi) is 11.9. The summed E-state index contributed by atoms with van der Waals surface area (Å²) in [6.45, 7) is 5.78. The van der Waals surface area contributed by atoms with Crippen molar-refractivity contribution in [2.24, 2.45) is 0 Å². The van der Waals surface area contributed by atoms with Gasteiger partial charge in [0.25, 0.3) is 0 Å². The topological polar surface area (TPSA) is 9.23 Å². The molecule has 0 aromatic rings. The van der Waals surface area contributed by atoms with Crippen LogP contribution in [0.1, 0.15) is 46.0 Å². The molecule has 0 fully saturated rings. The van der Waals surface area contributed by atoms with Gasteiger partial charge in [0.1, 0.15) is 0 Å². The van der Waals surface area contributed by atoms with Gasteiger partial charge in [0.05, 0.1) is 6.61 Å². The number of unbranched alkanes of at least 4 members (excludes halogenated alkanes) is 3. The zero-order valence-electron chi connectivity index (χ0n) is 9.67. The highest BCUT2D eigenvalue weighted by Crippen LogP contribution is 2.01. The van der Waals surface area contributed by atoms with Gasteiger partial charge in [-0.15, -0.1) is 0 Å². The van der Waals surface area contributed by atoms with Crippen LogP contribution in [0.2, 0.25) is 0 Å². The van der Waals surface area contributed by atoms with Gasteiger partial charge in [-0.3, -0.25) is 0 Å². The van der Waals surface area contributed by atoms with Crippen LogP contribution in [0.4, 0.5) is 0 Å². The van der Waals surface area contributed by atoms with Crippen LogP contribution in [-0.4, -0.2) is 13.2 Å². The quantitative estimate of drug-likeness (QED) is 0.398. The summed E-state index contributed by atoms with van der Waals surface area (Å²) < 4.78 is 5.20. The monoisotopic (exact) mass is 196 g/mol. The van der Waals surface area contributed by atoms with Crippen molar-refractivity contribution in [2.45, 2.75) is 46.0 Å². The molecular formula is C13H24O. The summed E-state index contributed by atoms with van der Waals surface area (Å²) in [6.07, 6.45) is 15.0. The molecule has 0 N–H and O–H groups in total. The van der Waals surface area contributed by atoms with Crippen LogP contribution in [0.25, 0.3) is 0 Å². The zero-order chi connectivity index (χ0) is 10.5. The molecule has 0 bridgehead atoms. The molecule has 0 heterocycles. The van der Waals surface area contributed by atoms with Crippen molar-refractivity contribution in [2.75, 3.05) is 13.2 Å². The van der Waals surface area contributed by atoms with E-state index in [1.165, 1.54) is 25.7 Å². The lowest BCUT2D eigenvalue weighted by molar-refractivity contribution is 0.177. The number of rotatable bonds is 9. The Balaban J connectivity index is 3.05. The van der Waals surface area contributed by atoms with E-state index in [9.17, 15) is 0 Å². The normalized spacial score (nSPS) is 11.9. The molecule has 0 saturated carbocycles. The molecule has 0 aliphatic rings. The predicted octanol–water partition coefficient (Wildman–Crippen LogP) is 4.11. The third-order valence-corrected chi connectivity index (χ3v) is 1.98. The maximum atomic E-state index is 5.20. The minimum atomic E-state index is 0.770. The number of hydrogen-bond donors (Lipinski definition) is 0. The predicted molar refractivity (Wildman–Crippen MR) is 63.5 cm³/mol. The smallest absolute Gasteiger partial charge is 0.0647 e. The van der Waals surface area contributed by atoms with Crippen LogP contribution in [-0.2, 0) is 4.74 Å². The Bertz CT molecular complexity index is 147. The summed E-state index contributed by atoms with van der Waals surface area (Å²) in [5.74, 6) is 0. The molecule has 0 amide bonds. The number of ether oxygens (including phenoxy) is 1. The Morgan fingerprint density at radius 2 is 1.50 bits per heavy atom. The third kappa shape index (κ3) is 11.4. The first kappa shape index (κ1) is 13.4. The van der Waals surface area contributed by atoms with Crippen LogP contribution >= 0.6 is 0 Å². The van der Waals surface area contributed by atoms with Gasteiger partial charge in [0.15, 0.2) is 0 Å². The van der Waals surface area contributed by atoms with Crippen molar-refractivity contribution >= 4 is 0 Å². The fourth-order valence-corrected chi connectivity index (χ4v) is 1.18. The molecule has 0 aliphatic carbocycles. The molecule has 82 valence electrons. The van der Waals surface area contributed by atoms with E-state index < -0.39 is 0 Å². The Labute approximate surface area is 88.9 Å². The first-order chi connectivity index (χ1) is 6.91. The zero-order valence-corrected chi connectivity index (χ0v) is 9.67. The molecule has 0 unspecified atom stereocenters. The van der Waals surface area contributed by atoms with Crippen molar-refractivity contribution < 1.29 is 4.74 Å². The van der Waals surface area contributed by atoms with Crippen LogP contribution in [0.15, 0.2) is 24.3 Å². The lowest BCUT2D eigenvalue weighted by Crippen LogP contribution is -1.87. The third-order valence-electron chi connectivity index (χ3n) is 1.98. The first-order valence-corrected chi connectivity index (χ1v) is 5.79. The second-order valence-electron chi connectivity index (χ2n) is 3.29. The Morgan fingerprint density at radius 1 is 0.857 bits per heavy atom. The Hall–Kier alpha value is -0.560. The molecule has 0 atom stereocenters. The number of hydrogen-bond acceptors (Lipinski definition) is 1. The summed E-state index contributed by atoms with van der Waals surface area (Å²) in [4.78, 5) is 0. The second kappa shape index (κ2) is 12.4. The van der Waals surface area contributed by atoms with Crippen LogP contribution in [0, 0.1) is 0 Å². The molecule has 1 heteroatoms. The van der Waals surface area contributed by atoms with Gasteiger partial charge in [0.2, 0.25) is 0 Å². The molecular weight excluding hydrogens is 172 g/mol. The average Bonchev–Trinajstić information content (AvgIpc) is 2.21. The first-order valence-electron chi connectivity index (χ1n) is 5.79. The summed E-state index contributed by atoms with van der Waals surface area (Å²) in [5, 5.41) is 0. The minimum Gasteiger partial charge on any atom is -0.378 e. The van der Waals surface area contributed by atoms with Gasteiger partial charge in [-0.2, -0.15) is 0 Å². The lowest BCUT2D eigenvalue weighted by Gasteiger charge is -1.94. The van der Waals surface area contributed by atoms with E-state index in [1.807, 2.05) is 6.92 Å². The van der Waals surface area contributed by atoms with E-state index in [-0.39, 0.29) is 0 Å². The highest BCUT2D eigenvalue weighted by molar-refractivity contribution is 4.83. The highest BCUT2D eigenvalue weighted by atomic mass is 16.5. The minimum absolute atomic E-state index is 0.770. The molecule has 0 saturated heterocycles. The fourth-order valence-electron chi connectivity index (χ4n) is 1.18. The lowest BCUT2D eigenvalue weighted by atomic mass is 10.2. The summed E-state index contributed by atoms with van der Waals surface area (Å²) in [5.41, 5.74) is 0. The van der Waals surface area contributed by atoms with E-state index in [0.717, 1.165) is 19.6 Å². The maximum Gasteiger partial charge on any atom is 0.0647 e. The van der Waals surface area contributed by atoms with Gasteiger partial charge < -0.3 is 4.74 Å². The summed E-state index contributed by atoms with van der Waals surface area (Å²) >= 11 is 0. The van der Waals surface area contributed by atoms with Crippen LogP contribution in [0.5, 0.6) is 0 Å². The van der Waals surface area contributed by atoms with E-state index in [0.29, 0.717) is 0 Å². The molecule has 0 aromatic carbocycles. The molecule has 0 radical (unpaired) electrons. The van der Waals surface area contributed by atoms with Gasteiger partial charge in [-0.25, -0.2) is 0 Å². The summed E-state index contributed by atoms with van der Waals surface area (Å²) in [7, 11) is 0. The van der Waals surface area contributed by atoms with Crippen molar-refractivity contribution in [1.29, 1.82) is 0 Å². The highest BCUT2D eigenvalue weighted by Gasteiger charge is 1.83.